The van der Waals surface area contributed by atoms with Crippen molar-refractivity contribution in [1.29, 1.82) is 0 Å². The molecule has 1 nitrogen and oxygen atoms in total. The monoisotopic (exact) mass is 255 g/mol. The van der Waals surface area contributed by atoms with Crippen LogP contribution in [0, 0.1) is 6.92 Å². The van der Waals surface area contributed by atoms with Crippen molar-refractivity contribution in [3.63, 3.8) is 0 Å². The van der Waals surface area contributed by atoms with Gasteiger partial charge in [0.25, 0.3) is 0 Å². The summed E-state index contributed by atoms with van der Waals surface area (Å²) < 4.78 is 37.0. The summed E-state index contributed by atoms with van der Waals surface area (Å²) in [6, 6.07) is 7.13. The van der Waals surface area contributed by atoms with Crippen LogP contribution in [0.4, 0.5) is 18.6 Å². The number of halogens is 3. The number of hydrogen-bond donors (Lipinski definition) is 0. The Labute approximate surface area is 137 Å². The molecular weight excluding hydrogens is 241 g/mol. The van der Waals surface area contributed by atoms with Crippen molar-refractivity contribution in [2.24, 2.45) is 0 Å². The molecule has 0 amide bonds. The number of aryl methyl sites for hydroxylation is 1. The van der Waals surface area contributed by atoms with Gasteiger partial charge in [0.15, 0.2) is 0 Å². The molecule has 16 heavy (non-hydrogen) atoms. The quantitative estimate of drug-likeness (QED) is 0.695. The minimum atomic E-state index is -4.77. The van der Waals surface area contributed by atoms with Crippen LogP contribution in [0.1, 0.15) is 12.5 Å². The Morgan fingerprint density at radius 2 is 1.75 bits per heavy atom. The summed E-state index contributed by atoms with van der Waals surface area (Å²) in [6.07, 6.45) is -0.832. The van der Waals surface area contributed by atoms with Crippen molar-refractivity contribution < 1.29 is 64.3 Å². The van der Waals surface area contributed by atoms with Crippen molar-refractivity contribution in [2.75, 3.05) is 17.9 Å². The molecule has 0 radical (unpaired) electrons. The topological polar surface area (TPSA) is 3.24 Å². The third-order valence-electron chi connectivity index (χ3n) is 2.27. The summed E-state index contributed by atoms with van der Waals surface area (Å²) in [7, 11) is 0. The summed E-state index contributed by atoms with van der Waals surface area (Å²) in [5.41, 5.74) is 1.54. The first-order valence-corrected chi connectivity index (χ1v) is 4.95. The molecular formula is C10H14BF3KN. The first kappa shape index (κ1) is 16.5. The number of anilines is 1. The number of para-hydroxylation sites is 1. The van der Waals surface area contributed by atoms with Crippen LogP contribution in [-0.2, 0) is 0 Å². The van der Waals surface area contributed by atoms with E-state index in [0.717, 1.165) is 5.56 Å². The zero-order valence-corrected chi connectivity index (χ0v) is 13.0. The minimum absolute atomic E-state index is 0. The first-order valence-electron chi connectivity index (χ1n) is 4.95. The molecule has 0 aliphatic heterocycles. The van der Waals surface area contributed by atoms with Gasteiger partial charge in [-0.2, -0.15) is 0 Å². The fourth-order valence-electron chi connectivity index (χ4n) is 1.57. The molecule has 0 saturated heterocycles. The average Bonchev–Trinajstić information content (AvgIpc) is 2.14. The zero-order chi connectivity index (χ0) is 11.5. The third kappa shape index (κ3) is 5.23. The van der Waals surface area contributed by atoms with Crippen LogP contribution in [-0.4, -0.2) is 20.0 Å². The fourth-order valence-corrected chi connectivity index (χ4v) is 1.57. The van der Waals surface area contributed by atoms with Gasteiger partial charge in [0, 0.05) is 12.2 Å². The molecule has 0 fully saturated rings. The standard InChI is InChI=1S/C10H14BF3N.K/c1-3-15(8-11(12,13)14)10-7-5-4-6-9(10)2;/h4-7H,3,8H2,1-2H3;/q-1;+1. The molecule has 1 rings (SSSR count). The van der Waals surface area contributed by atoms with Gasteiger partial charge in [-0.3, -0.25) is 0 Å². The fraction of sp³-hybridized carbons (Fsp3) is 0.400. The summed E-state index contributed by atoms with van der Waals surface area (Å²) in [4.78, 5) is 1.36. The maximum Gasteiger partial charge on any atom is 1.00 e. The molecule has 0 bridgehead atoms. The Morgan fingerprint density at radius 1 is 1.19 bits per heavy atom. The van der Waals surface area contributed by atoms with Crippen molar-refractivity contribution >= 4 is 12.7 Å². The van der Waals surface area contributed by atoms with E-state index in [-0.39, 0.29) is 51.4 Å². The molecule has 0 N–H and O–H groups in total. The van der Waals surface area contributed by atoms with Crippen LogP contribution in [0.25, 0.3) is 0 Å². The molecule has 0 unspecified atom stereocenters. The SMILES string of the molecule is CCN(C[B-](F)(F)F)c1ccccc1C.[K+]. The second-order valence-electron chi connectivity index (χ2n) is 3.54. The Bertz CT molecular complexity index is 330. The average molecular weight is 255 g/mol. The van der Waals surface area contributed by atoms with Gasteiger partial charge in [-0.25, -0.2) is 0 Å². The van der Waals surface area contributed by atoms with Gasteiger partial charge in [0.05, 0.1) is 0 Å². The Hall–Kier alpha value is 0.511. The molecule has 0 aliphatic rings. The molecule has 0 heterocycles. The van der Waals surface area contributed by atoms with Crippen LogP contribution >= 0.6 is 0 Å². The van der Waals surface area contributed by atoms with E-state index in [9.17, 15) is 12.9 Å². The Kier molecular flexibility index (Phi) is 7.28. The normalized spacial score (nSPS) is 10.8. The van der Waals surface area contributed by atoms with Gasteiger partial charge in [-0.15, -0.1) is 0 Å². The third-order valence-corrected chi connectivity index (χ3v) is 2.27. The number of nitrogens with zero attached hydrogens (tertiary/aromatic N) is 1. The summed E-state index contributed by atoms with van der Waals surface area (Å²) in [5.74, 6) is 0. The number of benzene rings is 1. The summed E-state index contributed by atoms with van der Waals surface area (Å²) >= 11 is 0. The van der Waals surface area contributed by atoms with E-state index in [2.05, 4.69) is 0 Å². The predicted molar refractivity (Wildman–Crippen MR) is 58.1 cm³/mol. The van der Waals surface area contributed by atoms with Crippen LogP contribution < -0.4 is 56.3 Å². The second kappa shape index (κ2) is 7.06. The van der Waals surface area contributed by atoms with E-state index in [1.54, 1.807) is 19.1 Å². The largest absolute Gasteiger partial charge is 1.00 e. The maximum atomic E-state index is 12.3. The molecule has 0 saturated carbocycles. The van der Waals surface area contributed by atoms with Crippen LogP contribution in [0.15, 0.2) is 24.3 Å². The summed E-state index contributed by atoms with van der Waals surface area (Å²) in [6.45, 7) is -0.851. The first-order chi connectivity index (χ1) is 6.94. The maximum absolute atomic E-state index is 12.3. The van der Waals surface area contributed by atoms with E-state index in [4.69, 9.17) is 0 Å². The van der Waals surface area contributed by atoms with E-state index < -0.39 is 13.4 Å². The number of rotatable bonds is 4. The van der Waals surface area contributed by atoms with E-state index in [0.29, 0.717) is 12.2 Å². The van der Waals surface area contributed by atoms with Gasteiger partial charge in [-0.1, -0.05) is 18.2 Å². The van der Waals surface area contributed by atoms with Gasteiger partial charge in [-0.05, 0) is 31.9 Å². The van der Waals surface area contributed by atoms with Crippen molar-refractivity contribution in [1.82, 2.24) is 0 Å². The number of hydrogen-bond acceptors (Lipinski definition) is 1. The van der Waals surface area contributed by atoms with Crippen LogP contribution in [0.5, 0.6) is 0 Å². The Balaban J connectivity index is 0.00000225. The van der Waals surface area contributed by atoms with Gasteiger partial charge < -0.3 is 17.8 Å². The minimum Gasteiger partial charge on any atom is -0.448 e. The molecule has 0 atom stereocenters. The van der Waals surface area contributed by atoms with E-state index in [1.807, 2.05) is 19.1 Å². The Morgan fingerprint density at radius 3 is 2.19 bits per heavy atom. The van der Waals surface area contributed by atoms with E-state index in [1.165, 1.54) is 4.90 Å². The van der Waals surface area contributed by atoms with E-state index >= 15 is 0 Å². The molecule has 1 aromatic carbocycles. The van der Waals surface area contributed by atoms with Crippen LogP contribution in [0.3, 0.4) is 0 Å². The van der Waals surface area contributed by atoms with Crippen molar-refractivity contribution in [3.05, 3.63) is 29.8 Å². The molecule has 0 aliphatic carbocycles. The molecule has 6 heteroatoms. The molecule has 0 aromatic heterocycles. The van der Waals surface area contributed by atoms with Gasteiger partial charge >= 0.3 is 58.4 Å². The van der Waals surface area contributed by atoms with Gasteiger partial charge in [0.2, 0.25) is 0 Å². The predicted octanol–water partition coefficient (Wildman–Crippen LogP) is 0.212. The molecule has 1 aromatic rings. The molecule has 84 valence electrons. The van der Waals surface area contributed by atoms with Crippen molar-refractivity contribution in [2.45, 2.75) is 13.8 Å². The summed E-state index contributed by atoms with van der Waals surface area (Å²) in [5, 5.41) is 0. The smallest absolute Gasteiger partial charge is 0.448 e. The molecule has 0 spiro atoms. The zero-order valence-electron chi connectivity index (χ0n) is 9.88. The van der Waals surface area contributed by atoms with Gasteiger partial charge in [0.1, 0.15) is 0 Å². The van der Waals surface area contributed by atoms with Crippen molar-refractivity contribution in [3.8, 4) is 0 Å². The second-order valence-corrected chi connectivity index (χ2v) is 3.54. The van der Waals surface area contributed by atoms with Crippen LogP contribution in [0.2, 0.25) is 0 Å².